The number of aromatic carboxylic acids is 1. The molecule has 1 heterocycles. The molecule has 4 nitrogen and oxygen atoms in total. The molecule has 0 aliphatic rings. The van der Waals surface area contributed by atoms with E-state index in [0.29, 0.717) is 23.7 Å². The zero-order chi connectivity index (χ0) is 13.8. The van der Waals surface area contributed by atoms with Crippen molar-refractivity contribution in [1.29, 1.82) is 0 Å². The highest BCUT2D eigenvalue weighted by molar-refractivity contribution is 6.31. The SMILES string of the molecule is NCC(Cc1ccc(C(=O)O)o1)c1ccccc1Cl. The molecule has 0 aliphatic heterocycles. The molecule has 2 aromatic rings. The van der Waals surface area contributed by atoms with Crippen LogP contribution in [-0.4, -0.2) is 17.6 Å². The Morgan fingerprint density at radius 1 is 1.32 bits per heavy atom. The first-order chi connectivity index (χ1) is 9.11. The summed E-state index contributed by atoms with van der Waals surface area (Å²) in [5.41, 5.74) is 6.72. The van der Waals surface area contributed by atoms with Crippen molar-refractivity contribution in [2.45, 2.75) is 12.3 Å². The third-order valence-electron chi connectivity index (χ3n) is 2.95. The number of hydrogen-bond donors (Lipinski definition) is 2. The number of carboxylic acids is 1. The zero-order valence-electron chi connectivity index (χ0n) is 10.2. The van der Waals surface area contributed by atoms with Gasteiger partial charge < -0.3 is 15.3 Å². The van der Waals surface area contributed by atoms with E-state index in [4.69, 9.17) is 26.9 Å². The van der Waals surface area contributed by atoms with Gasteiger partial charge in [-0.1, -0.05) is 29.8 Å². The van der Waals surface area contributed by atoms with Crippen LogP contribution in [0.15, 0.2) is 40.8 Å². The normalized spacial score (nSPS) is 12.3. The van der Waals surface area contributed by atoms with Gasteiger partial charge >= 0.3 is 5.97 Å². The van der Waals surface area contributed by atoms with E-state index in [-0.39, 0.29) is 11.7 Å². The lowest BCUT2D eigenvalue weighted by Crippen LogP contribution is -2.15. The highest BCUT2D eigenvalue weighted by Gasteiger charge is 2.17. The van der Waals surface area contributed by atoms with Crippen molar-refractivity contribution in [2.24, 2.45) is 5.73 Å². The summed E-state index contributed by atoms with van der Waals surface area (Å²) in [5.74, 6) is -0.549. The van der Waals surface area contributed by atoms with E-state index in [1.807, 2.05) is 24.3 Å². The second-order valence-corrected chi connectivity index (χ2v) is 4.64. The highest BCUT2D eigenvalue weighted by atomic mass is 35.5. The van der Waals surface area contributed by atoms with Gasteiger partial charge in [0.05, 0.1) is 0 Å². The van der Waals surface area contributed by atoms with Crippen molar-refractivity contribution in [3.63, 3.8) is 0 Å². The van der Waals surface area contributed by atoms with Gasteiger partial charge in [0, 0.05) is 17.4 Å². The van der Waals surface area contributed by atoms with Crippen LogP contribution in [0.4, 0.5) is 0 Å². The van der Waals surface area contributed by atoms with Crippen LogP contribution in [0.5, 0.6) is 0 Å². The van der Waals surface area contributed by atoms with Gasteiger partial charge in [-0.2, -0.15) is 0 Å². The molecule has 0 radical (unpaired) electrons. The van der Waals surface area contributed by atoms with Gasteiger partial charge in [-0.15, -0.1) is 0 Å². The summed E-state index contributed by atoms with van der Waals surface area (Å²) < 4.78 is 5.24. The van der Waals surface area contributed by atoms with Crippen molar-refractivity contribution < 1.29 is 14.3 Å². The van der Waals surface area contributed by atoms with Crippen LogP contribution >= 0.6 is 11.6 Å². The summed E-state index contributed by atoms with van der Waals surface area (Å²) in [7, 11) is 0. The molecule has 0 amide bonds. The third kappa shape index (κ3) is 3.16. The molecule has 1 unspecified atom stereocenters. The lowest BCUT2D eigenvalue weighted by Gasteiger charge is -2.15. The maximum Gasteiger partial charge on any atom is 0.371 e. The first kappa shape index (κ1) is 13.6. The van der Waals surface area contributed by atoms with Gasteiger partial charge in [0.2, 0.25) is 5.76 Å². The molecule has 100 valence electrons. The summed E-state index contributed by atoms with van der Waals surface area (Å²) in [6.07, 6.45) is 0.521. The molecule has 0 saturated heterocycles. The fraction of sp³-hybridized carbons (Fsp3) is 0.214. The van der Waals surface area contributed by atoms with E-state index in [0.717, 1.165) is 5.56 Å². The van der Waals surface area contributed by atoms with E-state index in [1.54, 1.807) is 6.07 Å². The Balaban J connectivity index is 2.19. The molecular weight excluding hydrogens is 266 g/mol. The largest absolute Gasteiger partial charge is 0.475 e. The van der Waals surface area contributed by atoms with Crippen molar-refractivity contribution in [3.8, 4) is 0 Å². The van der Waals surface area contributed by atoms with Crippen LogP contribution < -0.4 is 5.73 Å². The minimum absolute atomic E-state index is 0.00138. The number of nitrogens with two attached hydrogens (primary N) is 1. The van der Waals surface area contributed by atoms with Gasteiger partial charge in [-0.25, -0.2) is 4.79 Å². The van der Waals surface area contributed by atoms with Crippen molar-refractivity contribution in [2.75, 3.05) is 6.54 Å². The van der Waals surface area contributed by atoms with E-state index >= 15 is 0 Å². The topological polar surface area (TPSA) is 76.5 Å². The Morgan fingerprint density at radius 2 is 2.05 bits per heavy atom. The number of carboxylic acid groups (broad SMARTS) is 1. The van der Waals surface area contributed by atoms with Gasteiger partial charge in [-0.05, 0) is 30.3 Å². The van der Waals surface area contributed by atoms with Crippen LogP contribution in [0.3, 0.4) is 0 Å². The Hall–Kier alpha value is -1.78. The highest BCUT2D eigenvalue weighted by Crippen LogP contribution is 2.27. The fourth-order valence-electron chi connectivity index (χ4n) is 1.97. The molecule has 0 fully saturated rings. The van der Waals surface area contributed by atoms with Crippen LogP contribution in [-0.2, 0) is 6.42 Å². The number of halogens is 1. The molecule has 1 atom stereocenters. The predicted molar refractivity (Wildman–Crippen MR) is 72.6 cm³/mol. The quantitative estimate of drug-likeness (QED) is 0.882. The molecule has 19 heavy (non-hydrogen) atoms. The maximum absolute atomic E-state index is 10.8. The average Bonchev–Trinajstić information content (AvgIpc) is 2.86. The maximum atomic E-state index is 10.8. The Kier molecular flexibility index (Phi) is 4.24. The van der Waals surface area contributed by atoms with Crippen molar-refractivity contribution in [3.05, 3.63) is 58.5 Å². The second kappa shape index (κ2) is 5.91. The number of furan rings is 1. The van der Waals surface area contributed by atoms with Gasteiger partial charge in [0.1, 0.15) is 5.76 Å². The molecule has 3 N–H and O–H groups in total. The molecule has 5 heteroatoms. The van der Waals surface area contributed by atoms with E-state index in [1.165, 1.54) is 6.07 Å². The van der Waals surface area contributed by atoms with Crippen LogP contribution in [0.1, 0.15) is 27.8 Å². The molecular formula is C14H14ClNO3. The fourth-order valence-corrected chi connectivity index (χ4v) is 2.26. The summed E-state index contributed by atoms with van der Waals surface area (Å²) in [4.78, 5) is 10.8. The summed E-state index contributed by atoms with van der Waals surface area (Å²) in [6.45, 7) is 0.410. The van der Waals surface area contributed by atoms with Gasteiger partial charge in [0.25, 0.3) is 0 Å². The van der Waals surface area contributed by atoms with E-state index < -0.39 is 5.97 Å². The van der Waals surface area contributed by atoms with Crippen LogP contribution in [0, 0.1) is 0 Å². The van der Waals surface area contributed by atoms with Crippen LogP contribution in [0.25, 0.3) is 0 Å². The summed E-state index contributed by atoms with van der Waals surface area (Å²) in [6, 6.07) is 10.6. The molecule has 1 aromatic heterocycles. The average molecular weight is 280 g/mol. The predicted octanol–water partition coefficient (Wildman–Crippen LogP) is 2.92. The summed E-state index contributed by atoms with van der Waals surface area (Å²) >= 11 is 6.14. The number of carbonyl (C=O) groups is 1. The van der Waals surface area contributed by atoms with Gasteiger partial charge in [0.15, 0.2) is 0 Å². The third-order valence-corrected chi connectivity index (χ3v) is 3.29. The van der Waals surface area contributed by atoms with Crippen molar-refractivity contribution >= 4 is 17.6 Å². The summed E-state index contributed by atoms with van der Waals surface area (Å²) in [5, 5.41) is 9.47. The molecule has 0 spiro atoms. The first-order valence-corrected chi connectivity index (χ1v) is 6.26. The van der Waals surface area contributed by atoms with Crippen LogP contribution in [0.2, 0.25) is 5.02 Å². The minimum Gasteiger partial charge on any atom is -0.475 e. The van der Waals surface area contributed by atoms with E-state index in [9.17, 15) is 4.79 Å². The first-order valence-electron chi connectivity index (χ1n) is 5.88. The Labute approximate surface area is 115 Å². The zero-order valence-corrected chi connectivity index (χ0v) is 10.9. The molecule has 1 aromatic carbocycles. The van der Waals surface area contributed by atoms with Crippen molar-refractivity contribution in [1.82, 2.24) is 0 Å². The lowest BCUT2D eigenvalue weighted by atomic mass is 9.95. The number of benzene rings is 1. The monoisotopic (exact) mass is 279 g/mol. The molecule has 0 aliphatic carbocycles. The molecule has 0 saturated carbocycles. The lowest BCUT2D eigenvalue weighted by molar-refractivity contribution is 0.0660. The van der Waals surface area contributed by atoms with E-state index in [2.05, 4.69) is 0 Å². The smallest absolute Gasteiger partial charge is 0.371 e. The standard InChI is InChI=1S/C14H14ClNO3/c15-12-4-2-1-3-11(12)9(8-16)7-10-5-6-13(19-10)14(17)18/h1-6,9H,7-8,16H2,(H,17,18). The van der Waals surface area contributed by atoms with Gasteiger partial charge in [-0.3, -0.25) is 0 Å². The molecule has 2 rings (SSSR count). The number of hydrogen-bond acceptors (Lipinski definition) is 3. The minimum atomic E-state index is -1.08. The number of rotatable bonds is 5. The Bertz CT molecular complexity index is 580. The Morgan fingerprint density at radius 3 is 2.63 bits per heavy atom. The second-order valence-electron chi connectivity index (χ2n) is 4.23. The molecule has 0 bridgehead atoms.